The van der Waals surface area contributed by atoms with Gasteiger partial charge >= 0.3 is 0 Å². The van der Waals surface area contributed by atoms with Gasteiger partial charge in [-0.3, -0.25) is 9.59 Å². The number of likely N-dealkylation sites (tertiary alicyclic amines) is 1. The van der Waals surface area contributed by atoms with Gasteiger partial charge in [0.2, 0.25) is 11.8 Å². The number of carbonyl (C=O) groups excluding carboxylic acids is 2. The molecule has 6 heteroatoms. The number of amides is 2. The zero-order valence-electron chi connectivity index (χ0n) is 17.4. The number of piperidine rings is 1. The quantitative estimate of drug-likeness (QED) is 0.694. The third kappa shape index (κ3) is 4.84. The minimum absolute atomic E-state index is 0.00115. The maximum absolute atomic E-state index is 13.5. The van der Waals surface area contributed by atoms with Crippen molar-refractivity contribution in [3.8, 4) is 0 Å². The van der Waals surface area contributed by atoms with Crippen LogP contribution in [0.2, 0.25) is 0 Å². The van der Waals surface area contributed by atoms with Crippen LogP contribution in [0.3, 0.4) is 0 Å². The highest BCUT2D eigenvalue weighted by Crippen LogP contribution is 2.39. The standard InChI is InChI=1S/C25H26F2N2O2/c26-21-7-3-19(4-8-21)17-23(30)28-15-12-25(13-16-28)11-1-2-14-29(24(25)31)18-20-5-9-22(27)10-6-20/h1-10H,11-18H2. The van der Waals surface area contributed by atoms with Gasteiger partial charge in [-0.05, 0) is 54.7 Å². The van der Waals surface area contributed by atoms with Gasteiger partial charge in [0.15, 0.2) is 0 Å². The maximum Gasteiger partial charge on any atom is 0.229 e. The highest BCUT2D eigenvalue weighted by molar-refractivity contribution is 5.84. The van der Waals surface area contributed by atoms with Crippen LogP contribution in [0.25, 0.3) is 0 Å². The molecule has 0 bridgehead atoms. The van der Waals surface area contributed by atoms with Crippen LogP contribution in [-0.4, -0.2) is 41.2 Å². The average molecular weight is 424 g/mol. The van der Waals surface area contributed by atoms with Gasteiger partial charge in [-0.25, -0.2) is 8.78 Å². The molecular formula is C25H26F2N2O2. The molecule has 31 heavy (non-hydrogen) atoms. The van der Waals surface area contributed by atoms with E-state index >= 15 is 0 Å². The van der Waals surface area contributed by atoms with Crippen LogP contribution in [0, 0.1) is 17.0 Å². The predicted octanol–water partition coefficient (Wildman–Crippen LogP) is 4.10. The van der Waals surface area contributed by atoms with Gasteiger partial charge in [0, 0.05) is 26.2 Å². The molecule has 162 valence electrons. The van der Waals surface area contributed by atoms with E-state index in [0.717, 1.165) is 11.1 Å². The zero-order valence-corrected chi connectivity index (χ0v) is 17.4. The molecule has 2 aliphatic rings. The zero-order chi connectivity index (χ0) is 21.8. The smallest absolute Gasteiger partial charge is 0.229 e. The van der Waals surface area contributed by atoms with Gasteiger partial charge in [0.1, 0.15) is 11.6 Å². The van der Waals surface area contributed by atoms with Crippen molar-refractivity contribution in [2.24, 2.45) is 5.41 Å². The molecule has 2 aromatic rings. The molecule has 2 amide bonds. The Balaban J connectivity index is 1.40. The Morgan fingerprint density at radius 2 is 1.45 bits per heavy atom. The molecule has 4 rings (SSSR count). The Morgan fingerprint density at radius 1 is 0.871 bits per heavy atom. The van der Waals surface area contributed by atoms with Crippen LogP contribution >= 0.6 is 0 Å². The summed E-state index contributed by atoms with van der Waals surface area (Å²) in [6, 6.07) is 12.2. The highest BCUT2D eigenvalue weighted by Gasteiger charge is 2.44. The molecule has 1 fully saturated rings. The molecule has 0 N–H and O–H groups in total. The third-order valence-electron chi connectivity index (χ3n) is 6.37. The van der Waals surface area contributed by atoms with Crippen LogP contribution in [0.15, 0.2) is 60.7 Å². The van der Waals surface area contributed by atoms with Crippen molar-refractivity contribution in [3.05, 3.63) is 83.4 Å². The third-order valence-corrected chi connectivity index (χ3v) is 6.37. The van der Waals surface area contributed by atoms with E-state index in [1.54, 1.807) is 29.2 Å². The summed E-state index contributed by atoms with van der Waals surface area (Å²) in [6.07, 6.45) is 6.22. The van der Waals surface area contributed by atoms with Gasteiger partial charge in [-0.2, -0.15) is 0 Å². The lowest BCUT2D eigenvalue weighted by Gasteiger charge is -2.42. The first-order chi connectivity index (χ1) is 14.9. The van der Waals surface area contributed by atoms with E-state index in [9.17, 15) is 18.4 Å². The highest BCUT2D eigenvalue weighted by atomic mass is 19.1. The molecule has 4 nitrogen and oxygen atoms in total. The largest absolute Gasteiger partial charge is 0.342 e. The van der Waals surface area contributed by atoms with Crippen LogP contribution in [0.5, 0.6) is 0 Å². The Kier molecular flexibility index (Phi) is 6.16. The second kappa shape index (κ2) is 9.00. The van der Waals surface area contributed by atoms with E-state index < -0.39 is 5.41 Å². The fraction of sp³-hybridized carbons (Fsp3) is 0.360. The lowest BCUT2D eigenvalue weighted by Crippen LogP contribution is -2.50. The fourth-order valence-electron chi connectivity index (χ4n) is 4.45. The van der Waals surface area contributed by atoms with Crippen LogP contribution in [0.4, 0.5) is 8.78 Å². The van der Waals surface area contributed by atoms with Crippen molar-refractivity contribution in [3.63, 3.8) is 0 Å². The number of hydrogen-bond donors (Lipinski definition) is 0. The van der Waals surface area contributed by atoms with Gasteiger partial charge < -0.3 is 9.80 Å². The first-order valence-corrected chi connectivity index (χ1v) is 10.7. The molecule has 0 aliphatic carbocycles. The van der Waals surface area contributed by atoms with Crippen molar-refractivity contribution in [1.82, 2.24) is 9.80 Å². The summed E-state index contributed by atoms with van der Waals surface area (Å²) in [4.78, 5) is 29.8. The van der Waals surface area contributed by atoms with E-state index in [2.05, 4.69) is 6.08 Å². The summed E-state index contributed by atoms with van der Waals surface area (Å²) in [5.74, 6) is -0.505. The van der Waals surface area contributed by atoms with E-state index in [4.69, 9.17) is 0 Å². The van der Waals surface area contributed by atoms with Crippen LogP contribution in [-0.2, 0) is 22.6 Å². The Hall–Kier alpha value is -3.02. The maximum atomic E-state index is 13.5. The second-order valence-corrected chi connectivity index (χ2v) is 8.45. The Bertz CT molecular complexity index is 962. The second-order valence-electron chi connectivity index (χ2n) is 8.45. The molecular weight excluding hydrogens is 398 g/mol. The summed E-state index contributed by atoms with van der Waals surface area (Å²) in [6.45, 7) is 2.04. The number of benzene rings is 2. The first kappa shape index (κ1) is 21.2. The number of allylic oxidation sites excluding steroid dienone is 1. The predicted molar refractivity (Wildman–Crippen MR) is 114 cm³/mol. The topological polar surface area (TPSA) is 40.6 Å². The van der Waals surface area contributed by atoms with Gasteiger partial charge in [0.05, 0.1) is 11.8 Å². The van der Waals surface area contributed by atoms with E-state index in [1.807, 2.05) is 11.0 Å². The summed E-state index contributed by atoms with van der Waals surface area (Å²) in [5, 5.41) is 0. The van der Waals surface area contributed by atoms with Gasteiger partial charge in [-0.15, -0.1) is 0 Å². The first-order valence-electron chi connectivity index (χ1n) is 10.7. The van der Waals surface area contributed by atoms with Crippen molar-refractivity contribution in [1.29, 1.82) is 0 Å². The molecule has 0 atom stereocenters. The number of rotatable bonds is 4. The van der Waals surface area contributed by atoms with E-state index in [0.29, 0.717) is 45.4 Å². The molecule has 0 aromatic heterocycles. The Labute approximate surface area is 181 Å². The number of halogens is 2. The summed E-state index contributed by atoms with van der Waals surface area (Å²) >= 11 is 0. The number of hydrogen-bond acceptors (Lipinski definition) is 2. The number of nitrogens with zero attached hydrogens (tertiary/aromatic N) is 2. The molecule has 2 aliphatic heterocycles. The van der Waals surface area contributed by atoms with Crippen molar-refractivity contribution >= 4 is 11.8 Å². The van der Waals surface area contributed by atoms with Gasteiger partial charge in [0.25, 0.3) is 0 Å². The van der Waals surface area contributed by atoms with E-state index in [-0.39, 0.29) is 29.9 Å². The molecule has 0 unspecified atom stereocenters. The fourth-order valence-corrected chi connectivity index (χ4v) is 4.45. The van der Waals surface area contributed by atoms with Crippen LogP contribution < -0.4 is 0 Å². The van der Waals surface area contributed by atoms with Crippen molar-refractivity contribution in [2.75, 3.05) is 19.6 Å². The van der Waals surface area contributed by atoms with E-state index in [1.165, 1.54) is 24.3 Å². The summed E-state index contributed by atoms with van der Waals surface area (Å²) in [5.41, 5.74) is 1.18. The van der Waals surface area contributed by atoms with Gasteiger partial charge in [-0.1, -0.05) is 36.4 Å². The summed E-state index contributed by atoms with van der Waals surface area (Å²) in [7, 11) is 0. The average Bonchev–Trinajstić information content (AvgIpc) is 2.92. The van der Waals surface area contributed by atoms with Crippen molar-refractivity contribution in [2.45, 2.75) is 32.2 Å². The molecule has 0 radical (unpaired) electrons. The molecule has 2 heterocycles. The Morgan fingerprint density at radius 3 is 2.06 bits per heavy atom. The molecule has 2 aromatic carbocycles. The lowest BCUT2D eigenvalue weighted by molar-refractivity contribution is -0.147. The van der Waals surface area contributed by atoms with Crippen molar-refractivity contribution < 1.29 is 18.4 Å². The molecule has 1 spiro atoms. The minimum atomic E-state index is -0.500. The monoisotopic (exact) mass is 424 g/mol. The normalized spacial score (nSPS) is 18.3. The molecule has 0 saturated carbocycles. The minimum Gasteiger partial charge on any atom is -0.342 e. The number of carbonyl (C=O) groups is 2. The molecule has 1 saturated heterocycles. The lowest BCUT2D eigenvalue weighted by atomic mass is 9.74. The summed E-state index contributed by atoms with van der Waals surface area (Å²) < 4.78 is 26.3. The SMILES string of the molecule is O=C(Cc1ccc(F)cc1)N1CCC2(CC=CCN(Cc3ccc(F)cc3)C2=O)CC1. The van der Waals surface area contributed by atoms with Crippen LogP contribution in [0.1, 0.15) is 30.4 Å².